The molecule has 2 rings (SSSR count). The van der Waals surface area contributed by atoms with Crippen molar-refractivity contribution >= 4 is 15.8 Å². The average Bonchev–Trinajstić information content (AvgIpc) is 2.54. The van der Waals surface area contributed by atoms with E-state index in [-0.39, 0.29) is 10.9 Å². The van der Waals surface area contributed by atoms with Crippen molar-refractivity contribution in [2.24, 2.45) is 5.73 Å². The van der Waals surface area contributed by atoms with Gasteiger partial charge in [0.1, 0.15) is 5.82 Å². The SMILES string of the molecule is CCC(N)c1cccc(S(=O)(=O)N(C)c2ccccn2)c1. The molecule has 1 atom stereocenters. The predicted molar refractivity (Wildman–Crippen MR) is 83.5 cm³/mol. The number of rotatable bonds is 5. The summed E-state index contributed by atoms with van der Waals surface area (Å²) in [5.41, 5.74) is 6.79. The van der Waals surface area contributed by atoms with Crippen LogP contribution in [0.25, 0.3) is 0 Å². The molecule has 1 unspecified atom stereocenters. The van der Waals surface area contributed by atoms with Crippen molar-refractivity contribution in [1.82, 2.24) is 4.98 Å². The van der Waals surface area contributed by atoms with Gasteiger partial charge < -0.3 is 5.73 Å². The number of sulfonamides is 1. The summed E-state index contributed by atoms with van der Waals surface area (Å²) in [6.07, 6.45) is 2.31. The second kappa shape index (κ2) is 6.24. The zero-order chi connectivity index (χ0) is 15.5. The lowest BCUT2D eigenvalue weighted by molar-refractivity contribution is 0.593. The summed E-state index contributed by atoms with van der Waals surface area (Å²) in [6.45, 7) is 1.96. The first-order valence-corrected chi connectivity index (χ1v) is 8.16. The molecule has 0 fully saturated rings. The molecule has 0 radical (unpaired) electrons. The van der Waals surface area contributed by atoms with Crippen LogP contribution in [-0.2, 0) is 10.0 Å². The van der Waals surface area contributed by atoms with Gasteiger partial charge in [0.15, 0.2) is 0 Å². The maximum atomic E-state index is 12.6. The Kier molecular flexibility index (Phi) is 4.59. The molecular weight excluding hydrogens is 286 g/mol. The Balaban J connectivity index is 2.40. The quantitative estimate of drug-likeness (QED) is 0.919. The molecule has 0 spiro atoms. The van der Waals surface area contributed by atoms with Crippen LogP contribution in [0.2, 0.25) is 0 Å². The fourth-order valence-corrected chi connectivity index (χ4v) is 3.17. The van der Waals surface area contributed by atoms with Crippen LogP contribution < -0.4 is 10.0 Å². The molecule has 0 aliphatic heterocycles. The number of nitrogens with zero attached hydrogens (tertiary/aromatic N) is 2. The Morgan fingerprint density at radius 2 is 2.00 bits per heavy atom. The van der Waals surface area contributed by atoms with Gasteiger partial charge in [-0.3, -0.25) is 4.31 Å². The number of anilines is 1. The van der Waals surface area contributed by atoms with Crippen LogP contribution in [0.5, 0.6) is 0 Å². The standard InChI is InChI=1S/C15H19N3O2S/c1-3-14(16)12-7-6-8-13(11-12)21(19,20)18(2)15-9-4-5-10-17-15/h4-11,14H,3,16H2,1-2H3. The number of benzene rings is 1. The van der Waals surface area contributed by atoms with E-state index in [4.69, 9.17) is 5.73 Å². The van der Waals surface area contributed by atoms with Gasteiger partial charge in [-0.1, -0.05) is 25.1 Å². The highest BCUT2D eigenvalue weighted by atomic mass is 32.2. The highest BCUT2D eigenvalue weighted by Crippen LogP contribution is 2.23. The maximum Gasteiger partial charge on any atom is 0.265 e. The second-order valence-electron chi connectivity index (χ2n) is 4.75. The molecule has 0 saturated carbocycles. The summed E-state index contributed by atoms with van der Waals surface area (Å²) in [6, 6.07) is 11.7. The minimum Gasteiger partial charge on any atom is -0.324 e. The van der Waals surface area contributed by atoms with Crippen LogP contribution in [0.3, 0.4) is 0 Å². The zero-order valence-corrected chi connectivity index (χ0v) is 12.9. The monoisotopic (exact) mass is 305 g/mol. The van der Waals surface area contributed by atoms with Crippen molar-refractivity contribution in [3.8, 4) is 0 Å². The van der Waals surface area contributed by atoms with Crippen molar-refractivity contribution in [2.45, 2.75) is 24.3 Å². The molecule has 2 aromatic rings. The van der Waals surface area contributed by atoms with Gasteiger partial charge in [-0.2, -0.15) is 0 Å². The number of hydrogen-bond donors (Lipinski definition) is 1. The van der Waals surface area contributed by atoms with Crippen molar-refractivity contribution in [1.29, 1.82) is 0 Å². The van der Waals surface area contributed by atoms with Crippen LogP contribution >= 0.6 is 0 Å². The van der Waals surface area contributed by atoms with Gasteiger partial charge in [0.05, 0.1) is 4.90 Å². The van der Waals surface area contributed by atoms with E-state index in [0.717, 1.165) is 12.0 Å². The second-order valence-corrected chi connectivity index (χ2v) is 6.72. The topological polar surface area (TPSA) is 76.3 Å². The van der Waals surface area contributed by atoms with E-state index in [0.29, 0.717) is 5.82 Å². The molecule has 1 aromatic carbocycles. The fraction of sp³-hybridized carbons (Fsp3) is 0.267. The first kappa shape index (κ1) is 15.5. The minimum atomic E-state index is -3.64. The Morgan fingerprint density at radius 1 is 1.24 bits per heavy atom. The molecule has 0 aliphatic carbocycles. The number of aromatic nitrogens is 1. The molecule has 21 heavy (non-hydrogen) atoms. The van der Waals surface area contributed by atoms with Crippen molar-refractivity contribution in [3.63, 3.8) is 0 Å². The Bertz CT molecular complexity index is 702. The summed E-state index contributed by atoms with van der Waals surface area (Å²) in [7, 11) is -2.15. The number of hydrogen-bond acceptors (Lipinski definition) is 4. The normalized spacial score (nSPS) is 12.9. The van der Waals surface area contributed by atoms with Gasteiger partial charge in [-0.25, -0.2) is 13.4 Å². The molecule has 6 heteroatoms. The van der Waals surface area contributed by atoms with E-state index in [1.165, 1.54) is 11.4 Å². The molecule has 112 valence electrons. The lowest BCUT2D eigenvalue weighted by atomic mass is 10.1. The van der Waals surface area contributed by atoms with Gasteiger partial charge in [0, 0.05) is 19.3 Å². The van der Waals surface area contributed by atoms with Crippen molar-refractivity contribution in [2.75, 3.05) is 11.4 Å². The van der Waals surface area contributed by atoms with Crippen LogP contribution in [-0.4, -0.2) is 20.4 Å². The first-order valence-electron chi connectivity index (χ1n) is 6.72. The van der Waals surface area contributed by atoms with Gasteiger partial charge in [-0.05, 0) is 36.2 Å². The molecule has 5 nitrogen and oxygen atoms in total. The average molecular weight is 305 g/mol. The summed E-state index contributed by atoms with van der Waals surface area (Å²) in [4.78, 5) is 4.29. The fourth-order valence-electron chi connectivity index (χ4n) is 1.96. The lowest BCUT2D eigenvalue weighted by Gasteiger charge is -2.19. The van der Waals surface area contributed by atoms with Gasteiger partial charge in [0.2, 0.25) is 0 Å². The third-order valence-electron chi connectivity index (χ3n) is 3.36. The predicted octanol–water partition coefficient (Wildman–Crippen LogP) is 2.32. The number of nitrogens with two attached hydrogens (primary N) is 1. The third-order valence-corrected chi connectivity index (χ3v) is 5.11. The molecule has 1 heterocycles. The number of pyridine rings is 1. The summed E-state index contributed by atoms with van der Waals surface area (Å²) in [5, 5.41) is 0. The van der Waals surface area contributed by atoms with Crippen molar-refractivity contribution in [3.05, 3.63) is 54.2 Å². The largest absolute Gasteiger partial charge is 0.324 e. The molecule has 0 amide bonds. The Hall–Kier alpha value is -1.92. The molecule has 2 N–H and O–H groups in total. The summed E-state index contributed by atoms with van der Waals surface area (Å²) < 4.78 is 26.5. The van der Waals surface area contributed by atoms with Crippen LogP contribution in [0.1, 0.15) is 24.9 Å². The Labute approximate surface area is 125 Å². The highest BCUT2D eigenvalue weighted by Gasteiger charge is 2.22. The Morgan fingerprint density at radius 3 is 2.62 bits per heavy atom. The van der Waals surface area contributed by atoms with E-state index in [1.54, 1.807) is 42.6 Å². The first-order chi connectivity index (χ1) is 9.96. The smallest absolute Gasteiger partial charge is 0.265 e. The highest BCUT2D eigenvalue weighted by molar-refractivity contribution is 7.92. The third kappa shape index (κ3) is 3.22. The summed E-state index contributed by atoms with van der Waals surface area (Å²) in [5.74, 6) is 0.377. The molecule has 0 aliphatic rings. The van der Waals surface area contributed by atoms with Crippen LogP contribution in [0.4, 0.5) is 5.82 Å². The van der Waals surface area contributed by atoms with Crippen LogP contribution in [0, 0.1) is 0 Å². The summed E-state index contributed by atoms with van der Waals surface area (Å²) >= 11 is 0. The van der Waals surface area contributed by atoms with E-state index in [9.17, 15) is 8.42 Å². The molecule has 0 saturated heterocycles. The van der Waals surface area contributed by atoms with Crippen LogP contribution in [0.15, 0.2) is 53.6 Å². The lowest BCUT2D eigenvalue weighted by Crippen LogP contribution is -2.27. The molecule has 1 aromatic heterocycles. The van der Waals surface area contributed by atoms with E-state index in [1.807, 2.05) is 13.0 Å². The molecular formula is C15H19N3O2S. The molecule has 0 bridgehead atoms. The van der Waals surface area contributed by atoms with E-state index < -0.39 is 10.0 Å². The van der Waals surface area contributed by atoms with Gasteiger partial charge >= 0.3 is 0 Å². The zero-order valence-electron chi connectivity index (χ0n) is 12.1. The van der Waals surface area contributed by atoms with E-state index >= 15 is 0 Å². The van der Waals surface area contributed by atoms with E-state index in [2.05, 4.69) is 4.98 Å². The van der Waals surface area contributed by atoms with Gasteiger partial charge in [0.25, 0.3) is 10.0 Å². The van der Waals surface area contributed by atoms with Gasteiger partial charge in [-0.15, -0.1) is 0 Å². The maximum absolute atomic E-state index is 12.6. The van der Waals surface area contributed by atoms with Crippen molar-refractivity contribution < 1.29 is 8.42 Å². The minimum absolute atomic E-state index is 0.166.